The molecular weight excluding hydrogens is 771 g/mol. The summed E-state index contributed by atoms with van der Waals surface area (Å²) in [6.07, 6.45) is 34.7. The number of allylic oxidation sites excluding steroid dienone is 9. The van der Waals surface area contributed by atoms with E-state index >= 15 is 0 Å². The van der Waals surface area contributed by atoms with Gasteiger partial charge in [-0.25, -0.2) is 0 Å². The van der Waals surface area contributed by atoms with Gasteiger partial charge in [0.25, 0.3) is 0 Å². The van der Waals surface area contributed by atoms with Crippen molar-refractivity contribution in [3.05, 3.63) is 84.2 Å². The lowest BCUT2D eigenvalue weighted by Gasteiger charge is -2.50. The lowest BCUT2D eigenvalue weighted by atomic mass is 9.54. The molecule has 0 saturated heterocycles. The van der Waals surface area contributed by atoms with Gasteiger partial charge < -0.3 is 5.32 Å². The molecule has 3 aliphatic rings. The molecule has 0 bridgehead atoms. The Morgan fingerprint density at radius 1 is 0.688 bits per heavy atom. The Balaban J connectivity index is 0. The van der Waals surface area contributed by atoms with Crippen molar-refractivity contribution >= 4 is 0 Å². The molecule has 1 nitrogen and oxygen atoms in total. The van der Waals surface area contributed by atoms with Crippen LogP contribution >= 0.6 is 0 Å². The SMILES string of the molecule is C=C(C)CCC(=C)C.C=C(CC)CCC(C)(C)CCCC(C)(C)C(=C)NCCCCC1CCC(=C)/C(=C\C=C2/CCCC3(C)C(CCCCC(C)(C)C)CCC23C)C1.CC.CC.CC. The van der Waals surface area contributed by atoms with Crippen LogP contribution in [0, 0.1) is 38.9 Å². The molecule has 0 amide bonds. The van der Waals surface area contributed by atoms with Gasteiger partial charge in [-0.3, -0.25) is 0 Å². The molecule has 64 heavy (non-hydrogen) atoms. The molecule has 0 heterocycles. The fourth-order valence-corrected chi connectivity index (χ4v) is 10.4. The molecule has 3 saturated carbocycles. The number of fused-ring (bicyclic) bond motifs is 1. The lowest BCUT2D eigenvalue weighted by Crippen LogP contribution is -2.41. The molecule has 0 aromatic carbocycles. The van der Waals surface area contributed by atoms with Crippen LogP contribution in [0.1, 0.15) is 272 Å². The number of hydrogen-bond donors (Lipinski definition) is 1. The molecule has 0 aromatic rings. The minimum absolute atomic E-state index is 0.138. The Morgan fingerprint density at radius 2 is 1.28 bits per heavy atom. The van der Waals surface area contributed by atoms with E-state index in [0.717, 1.165) is 37.6 Å². The molecule has 374 valence electrons. The van der Waals surface area contributed by atoms with Crippen LogP contribution in [0.2, 0.25) is 0 Å². The van der Waals surface area contributed by atoms with Gasteiger partial charge in [-0.15, -0.1) is 13.2 Å². The second kappa shape index (κ2) is 32.6. The highest BCUT2D eigenvalue weighted by molar-refractivity contribution is 5.37. The second-order valence-corrected chi connectivity index (χ2v) is 23.1. The maximum atomic E-state index is 4.55. The second-order valence-electron chi connectivity index (χ2n) is 23.1. The maximum absolute atomic E-state index is 4.55. The van der Waals surface area contributed by atoms with E-state index in [2.05, 4.69) is 120 Å². The quantitative estimate of drug-likeness (QED) is 0.0796. The number of hydrogen-bond acceptors (Lipinski definition) is 1. The summed E-state index contributed by atoms with van der Waals surface area (Å²) >= 11 is 0. The van der Waals surface area contributed by atoms with E-state index in [0.29, 0.717) is 21.7 Å². The molecule has 0 aromatic heterocycles. The summed E-state index contributed by atoms with van der Waals surface area (Å²) < 4.78 is 0. The summed E-state index contributed by atoms with van der Waals surface area (Å²) in [5.74, 6) is 1.70. The first-order valence-electron chi connectivity index (χ1n) is 27.4. The molecule has 3 fully saturated rings. The summed E-state index contributed by atoms with van der Waals surface area (Å²) in [5, 5.41) is 3.74. The topological polar surface area (TPSA) is 12.0 Å². The van der Waals surface area contributed by atoms with Gasteiger partial charge in [0, 0.05) is 17.7 Å². The van der Waals surface area contributed by atoms with Crippen molar-refractivity contribution in [3.63, 3.8) is 0 Å². The van der Waals surface area contributed by atoms with Gasteiger partial charge in [0.1, 0.15) is 0 Å². The van der Waals surface area contributed by atoms with Crippen molar-refractivity contribution in [2.45, 2.75) is 272 Å². The van der Waals surface area contributed by atoms with E-state index < -0.39 is 0 Å². The van der Waals surface area contributed by atoms with Gasteiger partial charge in [0.2, 0.25) is 0 Å². The average molecular weight is 889 g/mol. The predicted molar refractivity (Wildman–Crippen MR) is 297 cm³/mol. The number of unbranched alkanes of at least 4 members (excludes halogenated alkanes) is 2. The number of rotatable bonds is 23. The highest BCUT2D eigenvalue weighted by Gasteiger charge is 2.56. The minimum Gasteiger partial charge on any atom is -0.388 e. The third kappa shape index (κ3) is 24.1. The smallest absolute Gasteiger partial charge is 0.0143 e. The van der Waals surface area contributed by atoms with Crippen LogP contribution in [-0.4, -0.2) is 6.54 Å². The van der Waals surface area contributed by atoms with E-state index in [-0.39, 0.29) is 5.41 Å². The maximum Gasteiger partial charge on any atom is 0.0143 e. The minimum atomic E-state index is 0.138. The van der Waals surface area contributed by atoms with Crippen molar-refractivity contribution in [1.29, 1.82) is 0 Å². The summed E-state index contributed by atoms with van der Waals surface area (Å²) in [6, 6.07) is 0. The van der Waals surface area contributed by atoms with Crippen molar-refractivity contribution in [2.24, 2.45) is 38.9 Å². The van der Waals surface area contributed by atoms with Crippen LogP contribution in [-0.2, 0) is 0 Å². The van der Waals surface area contributed by atoms with Crippen LogP contribution in [0.15, 0.2) is 84.2 Å². The van der Waals surface area contributed by atoms with Crippen LogP contribution in [0.5, 0.6) is 0 Å². The van der Waals surface area contributed by atoms with Gasteiger partial charge >= 0.3 is 0 Å². The molecule has 0 radical (unpaired) electrons. The first kappa shape index (κ1) is 64.1. The first-order valence-corrected chi connectivity index (χ1v) is 27.4. The van der Waals surface area contributed by atoms with Crippen molar-refractivity contribution in [1.82, 2.24) is 5.32 Å². The fourth-order valence-electron chi connectivity index (χ4n) is 10.4. The summed E-state index contributed by atoms with van der Waals surface area (Å²) in [7, 11) is 0. The van der Waals surface area contributed by atoms with Crippen LogP contribution in [0.25, 0.3) is 0 Å². The predicted octanol–water partition coefficient (Wildman–Crippen LogP) is 21.6. The van der Waals surface area contributed by atoms with E-state index in [1.165, 1.54) is 156 Å². The molecule has 1 N–H and O–H groups in total. The Bertz CT molecular complexity index is 1390. The molecule has 3 aliphatic carbocycles. The zero-order valence-corrected chi connectivity index (χ0v) is 47.3. The first-order chi connectivity index (χ1) is 29.9. The Kier molecular flexibility index (Phi) is 32.7. The monoisotopic (exact) mass is 888 g/mol. The van der Waals surface area contributed by atoms with Crippen LogP contribution < -0.4 is 5.32 Å². The normalized spacial score (nSPS) is 23.2. The lowest BCUT2D eigenvalue weighted by molar-refractivity contribution is 0.0556. The molecule has 4 atom stereocenters. The third-order valence-corrected chi connectivity index (χ3v) is 15.5. The Labute approximate surface area is 405 Å². The average Bonchev–Trinajstić information content (AvgIpc) is 3.52. The van der Waals surface area contributed by atoms with Crippen LogP contribution in [0.3, 0.4) is 0 Å². The Morgan fingerprint density at radius 3 is 1.84 bits per heavy atom. The zero-order valence-electron chi connectivity index (χ0n) is 47.3. The van der Waals surface area contributed by atoms with E-state index in [1.807, 2.05) is 55.4 Å². The summed E-state index contributed by atoms with van der Waals surface area (Å²) in [4.78, 5) is 0. The van der Waals surface area contributed by atoms with Gasteiger partial charge in [-0.1, -0.05) is 203 Å². The van der Waals surface area contributed by atoms with E-state index in [1.54, 1.807) is 11.1 Å². The summed E-state index contributed by atoms with van der Waals surface area (Å²) in [5.41, 5.74) is 11.7. The Hall–Kier alpha value is -2.02. The largest absolute Gasteiger partial charge is 0.388 e. The summed E-state index contributed by atoms with van der Waals surface area (Å²) in [6.45, 7) is 62.3. The van der Waals surface area contributed by atoms with Crippen molar-refractivity contribution in [2.75, 3.05) is 6.54 Å². The standard InChI is InChI=1S/C49H85N.C8H14.3C2H6/c1-14-38(2)28-34-46(8,9)31-20-32-47(10,11)40(4)50-36-18-16-21-41-25-24-39(3)42(37-41)26-27-43-23-19-33-48(12)44(29-35-49(43,48)13)22-15-17-30-45(5,6)7;1-7(2)5-6-8(3)4;3*1-2/h26-27,41,44,50H,2-4,14-25,28-37H2,1,5-13H3;1,3,5-6H2,2,4H3;3*1-2H3/b42-26-,43-27+;;;;. The van der Waals surface area contributed by atoms with Crippen LogP contribution in [0.4, 0.5) is 0 Å². The third-order valence-electron chi connectivity index (χ3n) is 15.5. The molecule has 3 rings (SSSR count). The van der Waals surface area contributed by atoms with Gasteiger partial charge in [-0.05, 0) is 168 Å². The van der Waals surface area contributed by atoms with Crippen molar-refractivity contribution < 1.29 is 0 Å². The fraction of sp³-hybridized carbons (Fsp3) is 0.778. The van der Waals surface area contributed by atoms with Gasteiger partial charge in [-0.2, -0.15) is 0 Å². The van der Waals surface area contributed by atoms with Crippen molar-refractivity contribution in [3.8, 4) is 0 Å². The van der Waals surface area contributed by atoms with Gasteiger partial charge in [0.05, 0.1) is 0 Å². The molecular formula is C63H117N. The van der Waals surface area contributed by atoms with Gasteiger partial charge in [0.15, 0.2) is 0 Å². The molecule has 4 unspecified atom stereocenters. The van der Waals surface area contributed by atoms with E-state index in [9.17, 15) is 0 Å². The molecule has 0 aliphatic heterocycles. The number of nitrogens with one attached hydrogen (secondary N) is 1. The zero-order chi connectivity index (χ0) is 49.8. The molecule has 1 heteroatoms. The van der Waals surface area contributed by atoms with E-state index in [4.69, 9.17) is 0 Å². The molecule has 0 spiro atoms. The highest BCUT2D eigenvalue weighted by atomic mass is 14.9. The highest BCUT2D eigenvalue weighted by Crippen LogP contribution is 2.66.